The molecule has 0 aliphatic heterocycles. The summed E-state index contributed by atoms with van der Waals surface area (Å²) in [6.45, 7) is 0. The third kappa shape index (κ3) is 1.88. The maximum Gasteiger partial charge on any atom is 0.273 e. The molecular formula is C8H4BrFN2O2. The first kappa shape index (κ1) is 10.6. The molecule has 6 heteroatoms. The highest BCUT2D eigenvalue weighted by Crippen LogP contribution is 2.22. The number of nitrogens with zero attached hydrogens (tertiary/aromatic N) is 2. The highest BCUT2D eigenvalue weighted by atomic mass is 79.9. The van der Waals surface area contributed by atoms with Crippen molar-refractivity contribution >= 4 is 21.6 Å². The second-order valence-electron chi connectivity index (χ2n) is 2.46. The van der Waals surface area contributed by atoms with Crippen LogP contribution in [0.3, 0.4) is 0 Å². The van der Waals surface area contributed by atoms with Gasteiger partial charge in [0.15, 0.2) is 0 Å². The van der Waals surface area contributed by atoms with E-state index in [1.165, 1.54) is 0 Å². The largest absolute Gasteiger partial charge is 0.273 e. The van der Waals surface area contributed by atoms with Gasteiger partial charge in [0.05, 0.1) is 22.6 Å². The molecule has 0 atom stereocenters. The van der Waals surface area contributed by atoms with Crippen molar-refractivity contribution in [2.75, 3.05) is 0 Å². The summed E-state index contributed by atoms with van der Waals surface area (Å²) in [6.07, 6.45) is 0. The molecule has 0 bridgehead atoms. The minimum absolute atomic E-state index is 0.0198. The number of hydrogen-bond donors (Lipinski definition) is 0. The Morgan fingerprint density at radius 3 is 2.71 bits per heavy atom. The normalized spacial score (nSPS) is 9.50. The molecule has 0 radical (unpaired) electrons. The van der Waals surface area contributed by atoms with Crippen LogP contribution in [0.25, 0.3) is 0 Å². The smallest absolute Gasteiger partial charge is 0.258 e. The first-order valence-electron chi connectivity index (χ1n) is 3.53. The second kappa shape index (κ2) is 4.15. The van der Waals surface area contributed by atoms with E-state index in [-0.39, 0.29) is 16.5 Å². The lowest BCUT2D eigenvalue weighted by atomic mass is 10.1. The highest BCUT2D eigenvalue weighted by Gasteiger charge is 2.15. The van der Waals surface area contributed by atoms with Crippen molar-refractivity contribution in [3.8, 4) is 6.07 Å². The van der Waals surface area contributed by atoms with E-state index in [9.17, 15) is 14.5 Å². The van der Waals surface area contributed by atoms with Crippen LogP contribution < -0.4 is 0 Å². The molecule has 1 aromatic carbocycles. The van der Waals surface area contributed by atoms with E-state index in [1.54, 1.807) is 6.07 Å². The lowest BCUT2D eigenvalue weighted by Gasteiger charge is -2.00. The van der Waals surface area contributed by atoms with Crippen molar-refractivity contribution < 1.29 is 9.31 Å². The molecule has 0 unspecified atom stereocenters. The monoisotopic (exact) mass is 258 g/mol. The maximum absolute atomic E-state index is 13.2. The molecule has 0 spiro atoms. The van der Waals surface area contributed by atoms with Gasteiger partial charge < -0.3 is 0 Å². The van der Waals surface area contributed by atoms with E-state index >= 15 is 0 Å². The fourth-order valence-corrected chi connectivity index (χ4v) is 1.53. The Kier molecular flexibility index (Phi) is 3.14. The summed E-state index contributed by atoms with van der Waals surface area (Å²) in [5.74, 6) is -0.743. The van der Waals surface area contributed by atoms with Crippen LogP contribution >= 0.6 is 15.9 Å². The number of non-ortho nitro benzene ring substituents is 1. The molecule has 0 aliphatic rings. The van der Waals surface area contributed by atoms with Gasteiger partial charge in [-0.2, -0.15) is 5.26 Å². The third-order valence-corrected chi connectivity index (χ3v) is 2.21. The molecule has 0 saturated heterocycles. The second-order valence-corrected chi connectivity index (χ2v) is 3.02. The summed E-state index contributed by atoms with van der Waals surface area (Å²) < 4.78 is 13.2. The van der Waals surface area contributed by atoms with Crippen LogP contribution in [0.5, 0.6) is 0 Å². The third-order valence-electron chi connectivity index (χ3n) is 1.65. The Bertz CT molecular complexity index is 428. The van der Waals surface area contributed by atoms with E-state index in [0.717, 1.165) is 12.1 Å². The Morgan fingerprint density at radius 1 is 1.64 bits per heavy atom. The summed E-state index contributed by atoms with van der Waals surface area (Å²) in [5.41, 5.74) is -0.296. The zero-order chi connectivity index (χ0) is 10.7. The maximum atomic E-state index is 13.2. The molecule has 0 saturated carbocycles. The fraction of sp³-hybridized carbons (Fsp3) is 0.125. The first-order chi connectivity index (χ1) is 6.60. The van der Waals surface area contributed by atoms with Crippen LogP contribution in [0.15, 0.2) is 12.1 Å². The van der Waals surface area contributed by atoms with Gasteiger partial charge in [0.2, 0.25) is 0 Å². The van der Waals surface area contributed by atoms with Crippen LogP contribution in [-0.4, -0.2) is 4.92 Å². The van der Waals surface area contributed by atoms with Crippen LogP contribution in [0.1, 0.15) is 11.1 Å². The molecule has 0 fully saturated rings. The van der Waals surface area contributed by atoms with E-state index in [0.29, 0.717) is 0 Å². The van der Waals surface area contributed by atoms with Gasteiger partial charge in [0.25, 0.3) is 5.69 Å². The van der Waals surface area contributed by atoms with Crippen LogP contribution in [0.4, 0.5) is 10.1 Å². The Balaban J connectivity index is 3.41. The molecule has 4 nitrogen and oxygen atoms in total. The minimum Gasteiger partial charge on any atom is -0.258 e. The van der Waals surface area contributed by atoms with Crippen molar-refractivity contribution in [1.29, 1.82) is 5.26 Å². The van der Waals surface area contributed by atoms with E-state index in [2.05, 4.69) is 15.9 Å². The predicted octanol–water partition coefficient (Wildman–Crippen LogP) is 2.50. The number of benzene rings is 1. The van der Waals surface area contributed by atoms with E-state index in [1.807, 2.05) is 0 Å². The lowest BCUT2D eigenvalue weighted by molar-refractivity contribution is -0.385. The molecule has 0 N–H and O–H groups in total. The zero-order valence-corrected chi connectivity index (χ0v) is 8.41. The summed E-state index contributed by atoms with van der Waals surface area (Å²) >= 11 is 3.00. The number of nitro benzene ring substituents is 1. The van der Waals surface area contributed by atoms with E-state index in [4.69, 9.17) is 5.26 Å². The molecule has 72 valence electrons. The molecule has 14 heavy (non-hydrogen) atoms. The molecule has 0 aliphatic carbocycles. The van der Waals surface area contributed by atoms with Crippen LogP contribution in [0, 0.1) is 27.3 Å². The molecule has 0 heterocycles. The number of hydrogen-bond acceptors (Lipinski definition) is 3. The number of nitriles is 1. The standard InChI is InChI=1S/C8H4BrFN2O2/c9-3-7-5(4-11)1-6(12(13)14)2-8(7)10/h1-2H,3H2. The lowest BCUT2D eigenvalue weighted by Crippen LogP contribution is -1.96. The summed E-state index contributed by atoms with van der Waals surface area (Å²) in [5, 5.41) is 19.1. The Labute approximate surface area is 87.2 Å². The minimum atomic E-state index is -0.743. The molecular weight excluding hydrogens is 255 g/mol. The predicted molar refractivity (Wildman–Crippen MR) is 50.4 cm³/mol. The highest BCUT2D eigenvalue weighted by molar-refractivity contribution is 9.08. The van der Waals surface area contributed by atoms with Crippen molar-refractivity contribution in [3.63, 3.8) is 0 Å². The number of rotatable bonds is 2. The quantitative estimate of drug-likeness (QED) is 0.465. The van der Waals surface area contributed by atoms with Gasteiger partial charge in [-0.05, 0) is 0 Å². The van der Waals surface area contributed by atoms with E-state index < -0.39 is 16.4 Å². The van der Waals surface area contributed by atoms with Crippen molar-refractivity contribution in [3.05, 3.63) is 39.2 Å². The summed E-state index contributed by atoms with van der Waals surface area (Å²) in [4.78, 5) is 9.60. The fourth-order valence-electron chi connectivity index (χ4n) is 0.963. The molecule has 1 aromatic rings. The van der Waals surface area contributed by atoms with Gasteiger partial charge in [-0.3, -0.25) is 10.1 Å². The van der Waals surface area contributed by atoms with Crippen molar-refractivity contribution in [1.82, 2.24) is 0 Å². The summed E-state index contributed by atoms with van der Waals surface area (Å²) in [6, 6.07) is 3.57. The number of nitro groups is 1. The zero-order valence-electron chi connectivity index (χ0n) is 6.83. The van der Waals surface area contributed by atoms with Crippen LogP contribution in [0.2, 0.25) is 0 Å². The molecule has 1 rings (SSSR count). The van der Waals surface area contributed by atoms with Gasteiger partial charge in [-0.1, -0.05) is 15.9 Å². The Morgan fingerprint density at radius 2 is 2.29 bits per heavy atom. The summed E-state index contributed by atoms with van der Waals surface area (Å²) in [7, 11) is 0. The first-order valence-corrected chi connectivity index (χ1v) is 4.65. The van der Waals surface area contributed by atoms with Crippen molar-refractivity contribution in [2.45, 2.75) is 5.33 Å². The average Bonchev–Trinajstić information content (AvgIpc) is 2.16. The van der Waals surface area contributed by atoms with Crippen LogP contribution in [-0.2, 0) is 5.33 Å². The van der Waals surface area contributed by atoms with Crippen molar-refractivity contribution in [2.24, 2.45) is 0 Å². The average molecular weight is 259 g/mol. The SMILES string of the molecule is N#Cc1cc([N+](=O)[O-])cc(F)c1CBr. The van der Waals surface area contributed by atoms with Gasteiger partial charge in [0.1, 0.15) is 5.82 Å². The topological polar surface area (TPSA) is 66.9 Å². The number of alkyl halides is 1. The van der Waals surface area contributed by atoms with Gasteiger partial charge in [-0.15, -0.1) is 0 Å². The van der Waals surface area contributed by atoms with Gasteiger partial charge >= 0.3 is 0 Å². The van der Waals surface area contributed by atoms with Gasteiger partial charge in [-0.25, -0.2) is 4.39 Å². The Hall–Kier alpha value is -1.48. The molecule has 0 aromatic heterocycles. The molecule has 0 amide bonds. The number of halogens is 2. The van der Waals surface area contributed by atoms with Gasteiger partial charge in [0, 0.05) is 17.0 Å².